The Morgan fingerprint density at radius 2 is 2.24 bits per heavy atom. The van der Waals surface area contributed by atoms with Crippen LogP contribution in [0.2, 0.25) is 0 Å². The zero-order chi connectivity index (χ0) is 12.5. The predicted molar refractivity (Wildman–Crippen MR) is 63.2 cm³/mol. The van der Waals surface area contributed by atoms with Crippen molar-refractivity contribution < 1.29 is 19.4 Å². The number of ether oxygens (including phenoxy) is 2. The Morgan fingerprint density at radius 3 is 2.82 bits per heavy atom. The van der Waals surface area contributed by atoms with E-state index in [1.807, 2.05) is 0 Å². The number of morpholine rings is 1. The highest BCUT2D eigenvalue weighted by atomic mass is 16.5. The van der Waals surface area contributed by atoms with Crippen LogP contribution in [0.25, 0.3) is 0 Å². The van der Waals surface area contributed by atoms with E-state index in [4.69, 9.17) is 14.6 Å². The zero-order valence-corrected chi connectivity index (χ0v) is 10.4. The Balaban J connectivity index is 2.06. The van der Waals surface area contributed by atoms with Gasteiger partial charge in [0.05, 0.1) is 19.8 Å². The fourth-order valence-corrected chi connectivity index (χ4v) is 1.79. The van der Waals surface area contributed by atoms with Gasteiger partial charge in [-0.25, -0.2) is 0 Å². The number of carboxylic acids is 1. The molecule has 1 rings (SSSR count). The molecule has 1 heterocycles. The van der Waals surface area contributed by atoms with Crippen LogP contribution in [0.5, 0.6) is 0 Å². The van der Waals surface area contributed by atoms with Crippen molar-refractivity contribution in [1.82, 2.24) is 10.2 Å². The van der Waals surface area contributed by atoms with Crippen LogP contribution in [0, 0.1) is 0 Å². The second kappa shape index (κ2) is 8.41. The summed E-state index contributed by atoms with van der Waals surface area (Å²) in [4.78, 5) is 13.1. The Labute approximate surface area is 102 Å². The Kier molecular flexibility index (Phi) is 7.11. The average molecular weight is 246 g/mol. The molecular formula is C11H22N2O4. The molecule has 100 valence electrons. The summed E-state index contributed by atoms with van der Waals surface area (Å²) in [5.74, 6) is -0.863. The van der Waals surface area contributed by atoms with Gasteiger partial charge in [-0.05, 0) is 19.5 Å². The zero-order valence-electron chi connectivity index (χ0n) is 10.4. The molecule has 1 unspecified atom stereocenters. The molecule has 0 saturated carbocycles. The van der Waals surface area contributed by atoms with Crippen molar-refractivity contribution in [3.8, 4) is 0 Å². The molecular weight excluding hydrogens is 224 g/mol. The van der Waals surface area contributed by atoms with E-state index < -0.39 is 12.0 Å². The van der Waals surface area contributed by atoms with E-state index in [9.17, 15) is 4.79 Å². The fourth-order valence-electron chi connectivity index (χ4n) is 1.79. The molecule has 0 aromatic rings. The van der Waals surface area contributed by atoms with E-state index in [0.717, 1.165) is 39.3 Å². The number of methoxy groups -OCH3 is 1. The number of carboxylic acid groups (broad SMARTS) is 1. The van der Waals surface area contributed by atoms with Gasteiger partial charge in [-0.15, -0.1) is 0 Å². The molecule has 17 heavy (non-hydrogen) atoms. The molecule has 0 amide bonds. The number of aliphatic carboxylic acids is 1. The third-order valence-electron chi connectivity index (χ3n) is 2.78. The van der Waals surface area contributed by atoms with Gasteiger partial charge in [0.1, 0.15) is 6.04 Å². The highest BCUT2D eigenvalue weighted by Gasteiger charge is 2.16. The van der Waals surface area contributed by atoms with Crippen molar-refractivity contribution in [2.45, 2.75) is 12.5 Å². The second-order valence-electron chi connectivity index (χ2n) is 4.11. The smallest absolute Gasteiger partial charge is 0.323 e. The number of hydrogen-bond acceptors (Lipinski definition) is 5. The molecule has 2 N–H and O–H groups in total. The molecule has 0 bridgehead atoms. The lowest BCUT2D eigenvalue weighted by Crippen LogP contribution is -2.42. The minimum atomic E-state index is -0.863. The lowest BCUT2D eigenvalue weighted by atomic mass is 10.3. The third kappa shape index (κ3) is 5.97. The van der Waals surface area contributed by atoms with Crippen molar-refractivity contribution in [3.05, 3.63) is 0 Å². The summed E-state index contributed by atoms with van der Waals surface area (Å²) in [6.45, 7) is 5.42. The first-order valence-electron chi connectivity index (χ1n) is 5.99. The van der Waals surface area contributed by atoms with E-state index >= 15 is 0 Å². The van der Waals surface area contributed by atoms with Gasteiger partial charge in [-0.1, -0.05) is 0 Å². The van der Waals surface area contributed by atoms with Crippen LogP contribution in [-0.4, -0.2) is 75.1 Å². The van der Waals surface area contributed by atoms with Gasteiger partial charge in [0, 0.05) is 20.2 Å². The molecule has 0 aromatic heterocycles. The van der Waals surface area contributed by atoms with Crippen molar-refractivity contribution >= 4 is 5.97 Å². The molecule has 0 aliphatic carbocycles. The summed E-state index contributed by atoms with van der Waals surface area (Å²) < 4.78 is 10.1. The fraction of sp³-hybridized carbons (Fsp3) is 0.909. The Morgan fingerprint density at radius 1 is 1.53 bits per heavy atom. The number of nitrogens with one attached hydrogen (secondary N) is 1. The van der Waals surface area contributed by atoms with Gasteiger partial charge < -0.3 is 19.9 Å². The maximum Gasteiger partial charge on any atom is 0.323 e. The molecule has 6 heteroatoms. The van der Waals surface area contributed by atoms with Crippen LogP contribution in [0.4, 0.5) is 0 Å². The first-order valence-corrected chi connectivity index (χ1v) is 5.99. The van der Waals surface area contributed by atoms with Crippen molar-refractivity contribution in [1.29, 1.82) is 0 Å². The van der Waals surface area contributed by atoms with Crippen LogP contribution in [0.3, 0.4) is 0 Å². The topological polar surface area (TPSA) is 71.0 Å². The number of carbonyl (C=O) groups is 1. The third-order valence-corrected chi connectivity index (χ3v) is 2.78. The summed E-state index contributed by atoms with van der Waals surface area (Å²) in [5, 5.41) is 11.9. The Bertz CT molecular complexity index is 220. The van der Waals surface area contributed by atoms with Crippen LogP contribution in [0.1, 0.15) is 6.42 Å². The van der Waals surface area contributed by atoms with E-state index in [0.29, 0.717) is 6.54 Å². The van der Waals surface area contributed by atoms with E-state index in [1.54, 1.807) is 0 Å². The monoisotopic (exact) mass is 246 g/mol. The number of nitrogens with zero attached hydrogens (tertiary/aromatic N) is 1. The normalized spacial score (nSPS) is 19.1. The first-order chi connectivity index (χ1) is 8.24. The highest BCUT2D eigenvalue weighted by Crippen LogP contribution is 1.97. The largest absolute Gasteiger partial charge is 0.480 e. The molecule has 0 aromatic carbocycles. The summed E-state index contributed by atoms with van der Waals surface area (Å²) in [6.07, 6.45) is 0.938. The van der Waals surface area contributed by atoms with Gasteiger partial charge in [-0.2, -0.15) is 0 Å². The van der Waals surface area contributed by atoms with Gasteiger partial charge in [-0.3, -0.25) is 9.69 Å². The van der Waals surface area contributed by atoms with Crippen molar-refractivity contribution in [3.63, 3.8) is 0 Å². The standard InChI is InChI=1S/C11H22N2O4/c1-16-9-10(11(14)15)12-3-2-4-13-5-7-17-8-6-13/h10,12H,2-9H2,1H3,(H,14,15). The minimum Gasteiger partial charge on any atom is -0.480 e. The molecule has 6 nitrogen and oxygen atoms in total. The maximum atomic E-state index is 10.8. The molecule has 1 aliphatic rings. The van der Waals surface area contributed by atoms with Gasteiger partial charge >= 0.3 is 5.97 Å². The number of hydrogen-bond donors (Lipinski definition) is 2. The molecule has 0 spiro atoms. The van der Waals surface area contributed by atoms with Crippen molar-refractivity contribution in [2.24, 2.45) is 0 Å². The van der Waals surface area contributed by atoms with E-state index in [-0.39, 0.29) is 6.61 Å². The Hall–Kier alpha value is -0.690. The van der Waals surface area contributed by atoms with Gasteiger partial charge in [0.15, 0.2) is 0 Å². The second-order valence-corrected chi connectivity index (χ2v) is 4.11. The summed E-state index contributed by atoms with van der Waals surface area (Å²) in [7, 11) is 1.51. The van der Waals surface area contributed by atoms with Gasteiger partial charge in [0.25, 0.3) is 0 Å². The quantitative estimate of drug-likeness (QED) is 0.557. The van der Waals surface area contributed by atoms with Gasteiger partial charge in [0.2, 0.25) is 0 Å². The SMILES string of the molecule is COCC(NCCCN1CCOCC1)C(=O)O. The maximum absolute atomic E-state index is 10.8. The first kappa shape index (κ1) is 14.4. The van der Waals surface area contributed by atoms with Crippen LogP contribution >= 0.6 is 0 Å². The predicted octanol–water partition coefficient (Wildman–Crippen LogP) is -0.602. The lowest BCUT2D eigenvalue weighted by Gasteiger charge is -2.26. The summed E-state index contributed by atoms with van der Waals surface area (Å²) in [6, 6.07) is -0.607. The molecule has 1 aliphatic heterocycles. The number of rotatable bonds is 8. The van der Waals surface area contributed by atoms with Crippen LogP contribution in [0.15, 0.2) is 0 Å². The summed E-state index contributed by atoms with van der Waals surface area (Å²) in [5.41, 5.74) is 0. The van der Waals surface area contributed by atoms with Crippen LogP contribution < -0.4 is 5.32 Å². The van der Waals surface area contributed by atoms with E-state index in [1.165, 1.54) is 7.11 Å². The van der Waals surface area contributed by atoms with Crippen LogP contribution in [-0.2, 0) is 14.3 Å². The minimum absolute atomic E-state index is 0.201. The van der Waals surface area contributed by atoms with E-state index in [2.05, 4.69) is 10.2 Å². The molecule has 1 fully saturated rings. The molecule has 1 atom stereocenters. The molecule has 1 saturated heterocycles. The highest BCUT2D eigenvalue weighted by molar-refractivity contribution is 5.73. The molecule has 0 radical (unpaired) electrons. The lowest BCUT2D eigenvalue weighted by molar-refractivity contribution is -0.140. The average Bonchev–Trinajstić information content (AvgIpc) is 2.34. The summed E-state index contributed by atoms with van der Waals surface area (Å²) >= 11 is 0. The van der Waals surface area contributed by atoms with Crippen molar-refractivity contribution in [2.75, 3.05) is 53.1 Å².